The first-order valence-electron chi connectivity index (χ1n) is 6.98. The summed E-state index contributed by atoms with van der Waals surface area (Å²) in [6, 6.07) is 0. The third-order valence-electron chi connectivity index (χ3n) is 3.21. The van der Waals surface area contributed by atoms with Gasteiger partial charge >= 0.3 is 12.1 Å². The third kappa shape index (κ3) is 6.78. The Labute approximate surface area is 130 Å². The van der Waals surface area contributed by atoms with Crippen LogP contribution in [0.1, 0.15) is 6.42 Å². The summed E-state index contributed by atoms with van der Waals surface area (Å²) in [5.74, 6) is -3.11. The molecule has 0 unspecified atom stereocenters. The number of aliphatic carboxylic acids is 1. The molecule has 130 valence electrons. The molecule has 1 fully saturated rings. The number of carboxylic acids is 1. The maximum Gasteiger partial charge on any atom is 0.490 e. The van der Waals surface area contributed by atoms with E-state index in [0.29, 0.717) is 6.54 Å². The molecular formula is C13H18F3N3O4. The Bertz CT molecular complexity index is 456. The Kier molecular flexibility index (Phi) is 7.17. The molecule has 0 aromatic rings. The fraction of sp³-hybridized carbons (Fsp3) is 0.615. The predicted octanol–water partition coefficient (Wildman–Crippen LogP) is -0.160. The van der Waals surface area contributed by atoms with Crippen molar-refractivity contribution < 1.29 is 32.7 Å². The molecule has 2 aliphatic rings. The van der Waals surface area contributed by atoms with Gasteiger partial charge in [0.2, 0.25) is 0 Å². The Balaban J connectivity index is 0.000000322. The van der Waals surface area contributed by atoms with Crippen LogP contribution in [0.4, 0.5) is 13.2 Å². The lowest BCUT2D eigenvalue weighted by molar-refractivity contribution is -0.192. The number of alkyl halides is 3. The number of hydrogen-bond acceptors (Lipinski definition) is 5. The molecule has 0 saturated carbocycles. The van der Waals surface area contributed by atoms with E-state index in [-0.39, 0.29) is 11.8 Å². The van der Waals surface area contributed by atoms with Crippen LogP contribution in [0.3, 0.4) is 0 Å². The molecule has 2 rings (SSSR count). The summed E-state index contributed by atoms with van der Waals surface area (Å²) in [4.78, 5) is 35.1. The van der Waals surface area contributed by atoms with Crippen molar-refractivity contribution in [1.29, 1.82) is 0 Å². The van der Waals surface area contributed by atoms with Gasteiger partial charge in [0, 0.05) is 44.9 Å². The summed E-state index contributed by atoms with van der Waals surface area (Å²) in [5.41, 5.74) is 0. The molecule has 7 nitrogen and oxygen atoms in total. The van der Waals surface area contributed by atoms with E-state index in [9.17, 15) is 22.8 Å². The van der Waals surface area contributed by atoms with Gasteiger partial charge in [-0.15, -0.1) is 0 Å². The first-order valence-corrected chi connectivity index (χ1v) is 6.98. The highest BCUT2D eigenvalue weighted by Crippen LogP contribution is 2.13. The smallest absolute Gasteiger partial charge is 0.475 e. The van der Waals surface area contributed by atoms with E-state index in [4.69, 9.17) is 9.90 Å². The van der Waals surface area contributed by atoms with Crippen molar-refractivity contribution in [3.05, 3.63) is 12.2 Å². The van der Waals surface area contributed by atoms with Gasteiger partial charge in [-0.25, -0.2) is 4.79 Å². The Morgan fingerprint density at radius 1 is 1.13 bits per heavy atom. The van der Waals surface area contributed by atoms with Gasteiger partial charge in [-0.05, 0) is 13.0 Å². The maximum atomic E-state index is 11.3. The molecule has 0 spiro atoms. The SMILES string of the molecule is O=C(O)C(F)(F)F.O=C1C=CC(=O)N1CCCN1CCNCC1. The monoisotopic (exact) mass is 337 g/mol. The van der Waals surface area contributed by atoms with E-state index in [0.717, 1.165) is 39.1 Å². The highest BCUT2D eigenvalue weighted by molar-refractivity contribution is 6.12. The van der Waals surface area contributed by atoms with Crippen LogP contribution < -0.4 is 5.32 Å². The largest absolute Gasteiger partial charge is 0.490 e. The van der Waals surface area contributed by atoms with Crippen molar-refractivity contribution in [2.45, 2.75) is 12.6 Å². The molecule has 2 amide bonds. The van der Waals surface area contributed by atoms with Crippen molar-refractivity contribution in [3.63, 3.8) is 0 Å². The second-order valence-corrected chi connectivity index (χ2v) is 4.91. The van der Waals surface area contributed by atoms with Crippen molar-refractivity contribution in [1.82, 2.24) is 15.1 Å². The predicted molar refractivity (Wildman–Crippen MR) is 73.5 cm³/mol. The molecule has 0 aliphatic carbocycles. The number of carbonyl (C=O) groups excluding carboxylic acids is 2. The van der Waals surface area contributed by atoms with Crippen LogP contribution in [0.5, 0.6) is 0 Å². The van der Waals surface area contributed by atoms with Crippen molar-refractivity contribution in [2.24, 2.45) is 0 Å². The van der Waals surface area contributed by atoms with Crippen LogP contribution in [-0.4, -0.2) is 78.1 Å². The number of carbonyl (C=O) groups is 3. The van der Waals surface area contributed by atoms with E-state index >= 15 is 0 Å². The highest BCUT2D eigenvalue weighted by Gasteiger charge is 2.38. The fourth-order valence-corrected chi connectivity index (χ4v) is 2.04. The highest BCUT2D eigenvalue weighted by atomic mass is 19.4. The quantitative estimate of drug-likeness (QED) is 0.693. The Morgan fingerprint density at radius 2 is 1.61 bits per heavy atom. The average Bonchev–Trinajstić information content (AvgIpc) is 2.80. The molecule has 0 aromatic heterocycles. The normalized spacial score (nSPS) is 18.8. The molecule has 0 radical (unpaired) electrons. The molecule has 0 aromatic carbocycles. The third-order valence-corrected chi connectivity index (χ3v) is 3.21. The lowest BCUT2D eigenvalue weighted by atomic mass is 10.3. The van der Waals surface area contributed by atoms with Crippen molar-refractivity contribution >= 4 is 17.8 Å². The molecule has 23 heavy (non-hydrogen) atoms. The molecule has 2 N–H and O–H groups in total. The zero-order valence-electron chi connectivity index (χ0n) is 12.3. The average molecular weight is 337 g/mol. The summed E-state index contributed by atoms with van der Waals surface area (Å²) in [7, 11) is 0. The van der Waals surface area contributed by atoms with Gasteiger partial charge in [-0.2, -0.15) is 13.2 Å². The molecule has 0 bridgehead atoms. The Hall–Kier alpha value is -1.94. The number of hydrogen-bond donors (Lipinski definition) is 2. The van der Waals surface area contributed by atoms with Gasteiger partial charge in [0.05, 0.1) is 0 Å². The minimum atomic E-state index is -5.08. The molecule has 10 heteroatoms. The maximum absolute atomic E-state index is 11.3. The second-order valence-electron chi connectivity index (χ2n) is 4.91. The van der Waals surface area contributed by atoms with Crippen LogP contribution in [-0.2, 0) is 14.4 Å². The minimum absolute atomic E-state index is 0.176. The van der Waals surface area contributed by atoms with Gasteiger partial charge in [0.15, 0.2) is 0 Å². The van der Waals surface area contributed by atoms with Gasteiger partial charge in [0.25, 0.3) is 11.8 Å². The summed E-state index contributed by atoms with van der Waals surface area (Å²) in [6.07, 6.45) is -1.54. The number of piperazine rings is 1. The molecule has 2 heterocycles. The fourth-order valence-electron chi connectivity index (χ4n) is 2.04. The zero-order chi connectivity index (χ0) is 17.5. The van der Waals surface area contributed by atoms with E-state index < -0.39 is 12.1 Å². The van der Waals surface area contributed by atoms with Gasteiger partial charge in [0.1, 0.15) is 0 Å². The molecular weight excluding hydrogens is 319 g/mol. The van der Waals surface area contributed by atoms with Gasteiger partial charge < -0.3 is 15.3 Å². The minimum Gasteiger partial charge on any atom is -0.475 e. The van der Waals surface area contributed by atoms with E-state index in [1.54, 1.807) is 0 Å². The molecule has 1 saturated heterocycles. The van der Waals surface area contributed by atoms with Gasteiger partial charge in [-0.3, -0.25) is 14.5 Å². The zero-order valence-corrected chi connectivity index (χ0v) is 12.3. The number of halogens is 3. The van der Waals surface area contributed by atoms with E-state index in [1.807, 2.05) is 0 Å². The van der Waals surface area contributed by atoms with Crippen LogP contribution in [0.25, 0.3) is 0 Å². The van der Waals surface area contributed by atoms with Gasteiger partial charge in [-0.1, -0.05) is 0 Å². The van der Waals surface area contributed by atoms with E-state index in [1.165, 1.54) is 17.1 Å². The number of rotatable bonds is 4. The standard InChI is InChI=1S/C11H17N3O2.C2HF3O2/c15-10-2-3-11(16)14(10)7-1-6-13-8-4-12-5-9-13;3-2(4,5)1(6)7/h2-3,12H,1,4-9H2;(H,6,7). The van der Waals surface area contributed by atoms with Crippen molar-refractivity contribution in [2.75, 3.05) is 39.3 Å². The number of amides is 2. The summed E-state index contributed by atoms with van der Waals surface area (Å²) >= 11 is 0. The lowest BCUT2D eigenvalue weighted by Crippen LogP contribution is -2.44. The lowest BCUT2D eigenvalue weighted by Gasteiger charge is -2.27. The van der Waals surface area contributed by atoms with Crippen LogP contribution in [0.15, 0.2) is 12.2 Å². The summed E-state index contributed by atoms with van der Waals surface area (Å²) in [5, 5.41) is 10.4. The van der Waals surface area contributed by atoms with Crippen LogP contribution in [0, 0.1) is 0 Å². The van der Waals surface area contributed by atoms with Crippen LogP contribution >= 0.6 is 0 Å². The first-order chi connectivity index (χ1) is 10.7. The molecule has 2 aliphatic heterocycles. The molecule has 0 atom stereocenters. The van der Waals surface area contributed by atoms with Crippen LogP contribution in [0.2, 0.25) is 0 Å². The summed E-state index contributed by atoms with van der Waals surface area (Å²) < 4.78 is 31.7. The Morgan fingerprint density at radius 3 is 2.04 bits per heavy atom. The second kappa shape index (κ2) is 8.63. The van der Waals surface area contributed by atoms with Crippen molar-refractivity contribution in [3.8, 4) is 0 Å². The number of nitrogens with one attached hydrogen (secondary N) is 1. The topological polar surface area (TPSA) is 89.9 Å². The van der Waals surface area contributed by atoms with E-state index in [2.05, 4.69) is 10.2 Å². The number of nitrogens with zero attached hydrogens (tertiary/aromatic N) is 2. The number of imide groups is 1. The number of carboxylic acid groups (broad SMARTS) is 1. The summed E-state index contributed by atoms with van der Waals surface area (Å²) in [6.45, 7) is 5.67. The first kappa shape index (κ1) is 19.1.